The van der Waals surface area contributed by atoms with E-state index in [4.69, 9.17) is 9.98 Å². The molecule has 1 fully saturated rings. The molecule has 2 heterocycles. The molecule has 32 heavy (non-hydrogen) atoms. The predicted molar refractivity (Wildman–Crippen MR) is 127 cm³/mol. The number of carbonyl (C=O) groups is 1. The first-order valence-corrected chi connectivity index (χ1v) is 11.3. The van der Waals surface area contributed by atoms with Crippen LogP contribution in [0.3, 0.4) is 0 Å². The quantitative estimate of drug-likeness (QED) is 0.636. The molecule has 6 heteroatoms. The van der Waals surface area contributed by atoms with Crippen molar-refractivity contribution in [3.8, 4) is 11.3 Å². The number of allylic oxidation sites excluding steroid dienone is 4. The Kier molecular flexibility index (Phi) is 5.52. The number of amides is 1. The molecule has 3 aliphatic rings. The Hall–Kier alpha value is -3.41. The minimum absolute atomic E-state index is 0.0694. The molecule has 0 saturated heterocycles. The minimum Gasteiger partial charge on any atom is -0.337 e. The van der Waals surface area contributed by atoms with Crippen molar-refractivity contribution in [3.63, 3.8) is 0 Å². The van der Waals surface area contributed by atoms with E-state index in [2.05, 4.69) is 29.9 Å². The van der Waals surface area contributed by atoms with Crippen LogP contribution < -0.4 is 0 Å². The fourth-order valence-electron chi connectivity index (χ4n) is 4.09. The second-order valence-corrected chi connectivity index (χ2v) is 8.82. The van der Waals surface area contributed by atoms with Crippen LogP contribution in [0.15, 0.2) is 75.6 Å². The zero-order valence-electron chi connectivity index (χ0n) is 18.6. The maximum Gasteiger partial charge on any atom is 0.274 e. The summed E-state index contributed by atoms with van der Waals surface area (Å²) in [7, 11) is 0. The van der Waals surface area contributed by atoms with Crippen molar-refractivity contribution in [1.82, 2.24) is 14.9 Å². The molecule has 2 aliphatic carbocycles. The molecule has 0 bridgehead atoms. The van der Waals surface area contributed by atoms with Crippen molar-refractivity contribution in [3.05, 3.63) is 71.3 Å². The van der Waals surface area contributed by atoms with Crippen molar-refractivity contribution in [1.29, 1.82) is 0 Å². The van der Waals surface area contributed by atoms with Crippen molar-refractivity contribution in [2.24, 2.45) is 15.9 Å². The molecule has 0 N–H and O–H groups in total. The molecule has 1 aliphatic heterocycles. The molecular formula is C26H27N5O. The lowest BCUT2D eigenvalue weighted by Gasteiger charge is -2.23. The van der Waals surface area contributed by atoms with Gasteiger partial charge in [0.05, 0.1) is 11.4 Å². The van der Waals surface area contributed by atoms with E-state index in [1.54, 1.807) is 12.4 Å². The first kappa shape index (κ1) is 20.5. The second-order valence-electron chi connectivity index (χ2n) is 8.82. The van der Waals surface area contributed by atoms with Gasteiger partial charge in [0.2, 0.25) is 0 Å². The zero-order chi connectivity index (χ0) is 22.1. The van der Waals surface area contributed by atoms with Crippen LogP contribution in [0.1, 0.15) is 50.0 Å². The van der Waals surface area contributed by atoms with E-state index in [1.807, 2.05) is 35.2 Å². The van der Waals surface area contributed by atoms with Crippen LogP contribution in [0.2, 0.25) is 0 Å². The van der Waals surface area contributed by atoms with Crippen LogP contribution in [-0.4, -0.2) is 45.4 Å². The molecule has 0 atom stereocenters. The van der Waals surface area contributed by atoms with Crippen molar-refractivity contribution in [2.75, 3.05) is 13.1 Å². The van der Waals surface area contributed by atoms with Crippen LogP contribution in [0.5, 0.6) is 0 Å². The highest BCUT2D eigenvalue weighted by atomic mass is 16.2. The van der Waals surface area contributed by atoms with Crippen LogP contribution in [0.25, 0.3) is 11.3 Å². The van der Waals surface area contributed by atoms with E-state index >= 15 is 0 Å². The Bertz CT molecular complexity index is 1170. The molecule has 1 aromatic heterocycles. The monoisotopic (exact) mass is 425 g/mol. The van der Waals surface area contributed by atoms with E-state index in [9.17, 15) is 4.79 Å². The molecule has 1 aromatic carbocycles. The summed E-state index contributed by atoms with van der Waals surface area (Å²) in [6.07, 6.45) is 9.20. The third-order valence-corrected chi connectivity index (χ3v) is 6.28. The lowest BCUT2D eigenvalue weighted by molar-refractivity contribution is 0.0747. The van der Waals surface area contributed by atoms with E-state index in [0.717, 1.165) is 35.8 Å². The minimum atomic E-state index is -0.0694. The van der Waals surface area contributed by atoms with Gasteiger partial charge in [-0.3, -0.25) is 9.78 Å². The third kappa shape index (κ3) is 4.31. The van der Waals surface area contributed by atoms with Gasteiger partial charge in [0.15, 0.2) is 5.69 Å². The standard InChI is InChI=1S/C26H27N5O/c1-17-14-21-22(15-18(17)2)30-23(29-21)10-13-31(16-19-8-9-19)26(32)25-24(27-11-12-28-25)20-6-4-3-5-7-20/h3-7,11-12,14,19H,8-10,13,15-16H2,1-2H3. The van der Waals surface area contributed by atoms with E-state index in [-0.39, 0.29) is 5.91 Å². The first-order valence-electron chi connectivity index (χ1n) is 11.3. The first-order chi connectivity index (χ1) is 15.6. The summed E-state index contributed by atoms with van der Waals surface area (Å²) in [5.41, 5.74) is 6.57. The van der Waals surface area contributed by atoms with Crippen LogP contribution in [-0.2, 0) is 0 Å². The molecule has 1 amide bonds. The molecule has 6 nitrogen and oxygen atoms in total. The fourth-order valence-corrected chi connectivity index (χ4v) is 4.09. The summed E-state index contributed by atoms with van der Waals surface area (Å²) in [6.45, 7) is 5.59. The molecule has 1 saturated carbocycles. The molecule has 162 valence electrons. The maximum absolute atomic E-state index is 13.6. The molecule has 0 spiro atoms. The van der Waals surface area contributed by atoms with Gasteiger partial charge in [0.25, 0.3) is 5.91 Å². The van der Waals surface area contributed by atoms with Crippen molar-refractivity contribution in [2.45, 2.75) is 39.5 Å². The van der Waals surface area contributed by atoms with Gasteiger partial charge in [-0.05, 0) is 44.3 Å². The lowest BCUT2D eigenvalue weighted by Crippen LogP contribution is -2.35. The van der Waals surface area contributed by atoms with Gasteiger partial charge in [-0.2, -0.15) is 0 Å². The van der Waals surface area contributed by atoms with E-state index in [1.165, 1.54) is 24.0 Å². The largest absolute Gasteiger partial charge is 0.337 e. The number of rotatable bonds is 7. The topological polar surface area (TPSA) is 70.8 Å². The summed E-state index contributed by atoms with van der Waals surface area (Å²) in [4.78, 5) is 33.9. The smallest absolute Gasteiger partial charge is 0.274 e. The van der Waals surface area contributed by atoms with Crippen LogP contribution >= 0.6 is 0 Å². The zero-order valence-corrected chi connectivity index (χ0v) is 18.6. The number of fused-ring (bicyclic) bond motifs is 1. The number of hydrogen-bond acceptors (Lipinski definition) is 5. The SMILES string of the molecule is CC1=C(C)CC2=NC(CCN(CC3CC3)C(=O)c3nccnc3-c3ccccc3)=NC2=C1. The lowest BCUT2D eigenvalue weighted by atomic mass is 9.97. The molecule has 5 rings (SSSR count). The van der Waals surface area contributed by atoms with Gasteiger partial charge in [-0.1, -0.05) is 35.9 Å². The van der Waals surface area contributed by atoms with Gasteiger partial charge in [0, 0.05) is 43.9 Å². The number of aliphatic imine (C=N–C) groups is 2. The highest BCUT2D eigenvalue weighted by Gasteiger charge is 2.30. The third-order valence-electron chi connectivity index (χ3n) is 6.28. The fraction of sp³-hybridized carbons (Fsp3) is 0.346. The normalized spacial score (nSPS) is 17.5. The van der Waals surface area contributed by atoms with Gasteiger partial charge >= 0.3 is 0 Å². The van der Waals surface area contributed by atoms with E-state index < -0.39 is 0 Å². The van der Waals surface area contributed by atoms with Gasteiger partial charge in [0.1, 0.15) is 11.5 Å². The summed E-state index contributed by atoms with van der Waals surface area (Å²) >= 11 is 0. The second kappa shape index (κ2) is 8.61. The number of amidine groups is 1. The van der Waals surface area contributed by atoms with Crippen molar-refractivity contribution < 1.29 is 4.79 Å². The number of benzene rings is 1. The summed E-state index contributed by atoms with van der Waals surface area (Å²) in [6, 6.07) is 9.77. The van der Waals surface area contributed by atoms with Gasteiger partial charge in [-0.25, -0.2) is 15.0 Å². The van der Waals surface area contributed by atoms with Gasteiger partial charge in [-0.15, -0.1) is 0 Å². The van der Waals surface area contributed by atoms with E-state index in [0.29, 0.717) is 30.3 Å². The Labute approximate surface area is 188 Å². The molecule has 2 aromatic rings. The number of nitrogens with zero attached hydrogens (tertiary/aromatic N) is 5. The summed E-state index contributed by atoms with van der Waals surface area (Å²) in [5, 5.41) is 0. The Morgan fingerprint density at radius 1 is 1.06 bits per heavy atom. The average Bonchev–Trinajstić information content (AvgIpc) is 3.56. The highest BCUT2D eigenvalue weighted by Crippen LogP contribution is 2.31. The molecular weight excluding hydrogens is 398 g/mol. The Balaban J connectivity index is 1.35. The van der Waals surface area contributed by atoms with Crippen LogP contribution in [0, 0.1) is 5.92 Å². The van der Waals surface area contributed by atoms with Crippen LogP contribution in [0.4, 0.5) is 0 Å². The average molecular weight is 426 g/mol. The molecule has 0 unspecified atom stereocenters. The number of aromatic nitrogens is 2. The summed E-state index contributed by atoms with van der Waals surface area (Å²) in [5.74, 6) is 1.32. The Morgan fingerprint density at radius 3 is 2.62 bits per heavy atom. The van der Waals surface area contributed by atoms with Crippen molar-refractivity contribution >= 4 is 17.5 Å². The Morgan fingerprint density at radius 2 is 1.84 bits per heavy atom. The predicted octanol–water partition coefficient (Wildman–Crippen LogP) is 4.86. The molecule has 0 radical (unpaired) electrons. The maximum atomic E-state index is 13.6. The summed E-state index contributed by atoms with van der Waals surface area (Å²) < 4.78 is 0. The number of hydrogen-bond donors (Lipinski definition) is 0. The van der Waals surface area contributed by atoms with Gasteiger partial charge < -0.3 is 4.90 Å². The highest BCUT2D eigenvalue weighted by molar-refractivity contribution is 6.14. The number of carbonyl (C=O) groups excluding carboxylic acids is 1.